The van der Waals surface area contributed by atoms with Gasteiger partial charge >= 0.3 is 6.18 Å². The third-order valence-electron chi connectivity index (χ3n) is 3.16. The summed E-state index contributed by atoms with van der Waals surface area (Å²) in [5, 5.41) is 3.02. The lowest BCUT2D eigenvalue weighted by atomic mass is 10.1. The number of nitrogens with zero attached hydrogens (tertiary/aromatic N) is 3. The van der Waals surface area contributed by atoms with Crippen molar-refractivity contribution in [2.75, 3.05) is 24.3 Å². The second-order valence-corrected chi connectivity index (χ2v) is 5.12. The molecular weight excluding hydrogens is 293 g/mol. The van der Waals surface area contributed by atoms with Crippen molar-refractivity contribution in [1.82, 2.24) is 9.97 Å². The van der Waals surface area contributed by atoms with Crippen LogP contribution in [0.2, 0.25) is 0 Å². The van der Waals surface area contributed by atoms with Gasteiger partial charge in [0.15, 0.2) is 0 Å². The maximum atomic E-state index is 12.7. The first-order valence-electron chi connectivity index (χ1n) is 6.71. The fraction of sp³-hybridized carbons (Fsp3) is 0.333. The molecule has 2 rings (SSSR count). The highest BCUT2D eigenvalue weighted by Gasteiger charge is 2.30. The van der Waals surface area contributed by atoms with Gasteiger partial charge in [-0.15, -0.1) is 0 Å². The number of benzene rings is 1. The fourth-order valence-electron chi connectivity index (χ4n) is 1.93. The van der Waals surface area contributed by atoms with Crippen LogP contribution < -0.4 is 10.2 Å². The highest BCUT2D eigenvalue weighted by atomic mass is 19.4. The summed E-state index contributed by atoms with van der Waals surface area (Å²) >= 11 is 0. The van der Waals surface area contributed by atoms with E-state index in [9.17, 15) is 13.2 Å². The zero-order chi connectivity index (χ0) is 16.3. The molecule has 4 nitrogen and oxygen atoms in total. The Morgan fingerprint density at radius 2 is 1.91 bits per heavy atom. The van der Waals surface area contributed by atoms with Crippen molar-refractivity contribution >= 4 is 11.8 Å². The first-order valence-corrected chi connectivity index (χ1v) is 6.71. The summed E-state index contributed by atoms with van der Waals surface area (Å²) in [6.07, 6.45) is -2.75. The van der Waals surface area contributed by atoms with Gasteiger partial charge in [0.05, 0.1) is 11.6 Å². The standard InChI is InChI=1S/C15H17F3N4/c1-10(11-5-4-6-12(9-11)15(16,17)18)20-14-19-8-7-13(21-14)22(2)3/h4-10H,1-3H3,(H,19,20,21). The molecule has 1 N–H and O–H groups in total. The van der Waals surface area contributed by atoms with Crippen LogP contribution in [-0.2, 0) is 6.18 Å². The van der Waals surface area contributed by atoms with E-state index in [1.54, 1.807) is 25.3 Å². The van der Waals surface area contributed by atoms with Gasteiger partial charge in [-0.3, -0.25) is 0 Å². The largest absolute Gasteiger partial charge is 0.416 e. The third-order valence-corrected chi connectivity index (χ3v) is 3.16. The molecule has 1 unspecified atom stereocenters. The lowest BCUT2D eigenvalue weighted by molar-refractivity contribution is -0.137. The lowest BCUT2D eigenvalue weighted by Gasteiger charge is -2.17. The van der Waals surface area contributed by atoms with Gasteiger partial charge in [0, 0.05) is 20.3 Å². The number of hydrogen-bond acceptors (Lipinski definition) is 4. The van der Waals surface area contributed by atoms with E-state index in [2.05, 4.69) is 15.3 Å². The van der Waals surface area contributed by atoms with Gasteiger partial charge in [0.1, 0.15) is 5.82 Å². The van der Waals surface area contributed by atoms with Crippen LogP contribution in [0.3, 0.4) is 0 Å². The molecule has 1 aromatic carbocycles. The van der Waals surface area contributed by atoms with E-state index < -0.39 is 11.7 Å². The van der Waals surface area contributed by atoms with Gasteiger partial charge in [-0.05, 0) is 30.7 Å². The molecule has 0 saturated heterocycles. The van der Waals surface area contributed by atoms with Crippen molar-refractivity contribution in [3.8, 4) is 0 Å². The lowest BCUT2D eigenvalue weighted by Crippen LogP contribution is -2.14. The van der Waals surface area contributed by atoms with E-state index in [-0.39, 0.29) is 6.04 Å². The average molecular weight is 310 g/mol. The van der Waals surface area contributed by atoms with E-state index in [1.165, 1.54) is 6.07 Å². The van der Waals surface area contributed by atoms with Crippen LogP contribution >= 0.6 is 0 Å². The molecule has 22 heavy (non-hydrogen) atoms. The Labute approximate surface area is 127 Å². The van der Waals surface area contributed by atoms with Crippen LogP contribution in [0.1, 0.15) is 24.1 Å². The maximum absolute atomic E-state index is 12.7. The Morgan fingerprint density at radius 1 is 1.18 bits per heavy atom. The Bertz CT molecular complexity index is 641. The number of rotatable bonds is 4. The monoisotopic (exact) mass is 310 g/mol. The predicted octanol–water partition coefficient (Wildman–Crippen LogP) is 3.73. The first kappa shape index (κ1) is 16.1. The summed E-state index contributed by atoms with van der Waals surface area (Å²) in [7, 11) is 3.70. The summed E-state index contributed by atoms with van der Waals surface area (Å²) in [6.45, 7) is 1.77. The van der Waals surface area contributed by atoms with E-state index in [0.717, 1.165) is 12.1 Å². The highest BCUT2D eigenvalue weighted by molar-refractivity contribution is 5.42. The smallest absolute Gasteiger partial charge is 0.363 e. The fourth-order valence-corrected chi connectivity index (χ4v) is 1.93. The number of nitrogens with one attached hydrogen (secondary N) is 1. The molecular formula is C15H17F3N4. The SMILES string of the molecule is CC(Nc1nccc(N(C)C)n1)c1cccc(C(F)(F)F)c1. The molecule has 7 heteroatoms. The molecule has 0 spiro atoms. The Balaban J connectivity index is 2.19. The third kappa shape index (κ3) is 3.87. The predicted molar refractivity (Wildman–Crippen MR) is 79.8 cm³/mol. The molecule has 0 saturated carbocycles. The summed E-state index contributed by atoms with van der Waals surface area (Å²) in [4.78, 5) is 10.2. The van der Waals surface area contributed by atoms with Crippen molar-refractivity contribution < 1.29 is 13.2 Å². The molecule has 0 amide bonds. The number of alkyl halides is 3. The molecule has 1 heterocycles. The van der Waals surface area contributed by atoms with Gasteiger partial charge in [-0.2, -0.15) is 18.2 Å². The number of aromatic nitrogens is 2. The molecule has 118 valence electrons. The van der Waals surface area contributed by atoms with Crippen molar-refractivity contribution in [2.24, 2.45) is 0 Å². The minimum Gasteiger partial charge on any atom is -0.363 e. The summed E-state index contributed by atoms with van der Waals surface area (Å²) in [6, 6.07) is 6.63. The average Bonchev–Trinajstić information content (AvgIpc) is 2.46. The Kier molecular flexibility index (Phi) is 4.54. The van der Waals surface area contributed by atoms with Crippen LogP contribution in [-0.4, -0.2) is 24.1 Å². The zero-order valence-corrected chi connectivity index (χ0v) is 12.5. The van der Waals surface area contributed by atoms with E-state index in [0.29, 0.717) is 17.3 Å². The summed E-state index contributed by atoms with van der Waals surface area (Å²) in [5.41, 5.74) is -0.143. The minimum atomic E-state index is -4.35. The second-order valence-electron chi connectivity index (χ2n) is 5.12. The van der Waals surface area contributed by atoms with Gasteiger partial charge in [0.25, 0.3) is 0 Å². The topological polar surface area (TPSA) is 41.1 Å². The molecule has 0 bridgehead atoms. The van der Waals surface area contributed by atoms with Crippen LogP contribution in [0.25, 0.3) is 0 Å². The van der Waals surface area contributed by atoms with E-state index >= 15 is 0 Å². The van der Waals surface area contributed by atoms with Crippen LogP contribution in [0.15, 0.2) is 36.5 Å². The van der Waals surface area contributed by atoms with Crippen LogP contribution in [0, 0.1) is 0 Å². The van der Waals surface area contributed by atoms with Crippen LogP contribution in [0.4, 0.5) is 24.9 Å². The molecule has 1 atom stereocenters. The van der Waals surface area contributed by atoms with Crippen molar-refractivity contribution in [3.05, 3.63) is 47.7 Å². The molecule has 0 aliphatic heterocycles. The number of anilines is 2. The molecule has 1 aromatic heterocycles. The normalized spacial score (nSPS) is 12.8. The number of halogens is 3. The molecule has 0 aliphatic carbocycles. The zero-order valence-electron chi connectivity index (χ0n) is 12.5. The van der Waals surface area contributed by atoms with Crippen molar-refractivity contribution in [2.45, 2.75) is 19.1 Å². The Morgan fingerprint density at radius 3 is 2.55 bits per heavy atom. The van der Waals surface area contributed by atoms with Crippen LogP contribution in [0.5, 0.6) is 0 Å². The minimum absolute atomic E-state index is 0.347. The first-order chi connectivity index (χ1) is 10.3. The van der Waals surface area contributed by atoms with Gasteiger partial charge in [-0.25, -0.2) is 4.98 Å². The van der Waals surface area contributed by atoms with E-state index in [1.807, 2.05) is 19.0 Å². The maximum Gasteiger partial charge on any atom is 0.416 e. The highest BCUT2D eigenvalue weighted by Crippen LogP contribution is 2.31. The van der Waals surface area contributed by atoms with Gasteiger partial charge < -0.3 is 10.2 Å². The van der Waals surface area contributed by atoms with Gasteiger partial charge in [0.2, 0.25) is 5.95 Å². The number of hydrogen-bond donors (Lipinski definition) is 1. The van der Waals surface area contributed by atoms with E-state index in [4.69, 9.17) is 0 Å². The molecule has 2 aromatic rings. The quantitative estimate of drug-likeness (QED) is 0.934. The molecule has 0 aliphatic rings. The van der Waals surface area contributed by atoms with Crippen molar-refractivity contribution in [1.29, 1.82) is 0 Å². The second kappa shape index (κ2) is 6.21. The Hall–Kier alpha value is -2.31. The van der Waals surface area contributed by atoms with Crippen molar-refractivity contribution in [3.63, 3.8) is 0 Å². The summed E-state index contributed by atoms with van der Waals surface area (Å²) in [5.74, 6) is 1.09. The molecule has 0 fully saturated rings. The molecule has 0 radical (unpaired) electrons. The summed E-state index contributed by atoms with van der Waals surface area (Å²) < 4.78 is 38.2. The van der Waals surface area contributed by atoms with Gasteiger partial charge in [-0.1, -0.05) is 12.1 Å².